The molecule has 1 fully saturated rings. The van der Waals surface area contributed by atoms with E-state index in [1.165, 1.54) is 5.56 Å². The molecular weight excluding hydrogens is 288 g/mol. The quantitative estimate of drug-likeness (QED) is 0.836. The van der Waals surface area contributed by atoms with Crippen molar-refractivity contribution in [2.45, 2.75) is 47.0 Å². The zero-order valence-corrected chi connectivity index (χ0v) is 14.9. The number of para-hydroxylation sites is 1. The molecule has 0 aliphatic carbocycles. The largest absolute Gasteiger partial charge is 0.343 e. The van der Waals surface area contributed by atoms with Gasteiger partial charge in [-0.15, -0.1) is 0 Å². The Labute approximate surface area is 139 Å². The summed E-state index contributed by atoms with van der Waals surface area (Å²) >= 11 is 0. The molecule has 0 spiro atoms. The van der Waals surface area contributed by atoms with E-state index in [1.807, 2.05) is 42.7 Å². The number of benzene rings is 1. The van der Waals surface area contributed by atoms with Crippen LogP contribution in [0.1, 0.15) is 51.2 Å². The Morgan fingerprint density at radius 2 is 1.96 bits per heavy atom. The number of aryl methyl sites for hydroxylation is 1. The first-order chi connectivity index (χ1) is 10.9. The number of anilines is 1. The molecule has 1 aromatic rings. The number of hydrogen-bond acceptors (Lipinski definition) is 2. The van der Waals surface area contributed by atoms with Gasteiger partial charge in [-0.1, -0.05) is 32.0 Å². The van der Waals surface area contributed by atoms with Crippen LogP contribution in [-0.2, 0) is 9.59 Å². The van der Waals surface area contributed by atoms with E-state index in [0.717, 1.165) is 11.3 Å². The van der Waals surface area contributed by atoms with E-state index < -0.39 is 0 Å². The Bertz CT molecular complexity index is 591. The Balaban J connectivity index is 2.30. The minimum atomic E-state index is -0.220. The Kier molecular flexibility index (Phi) is 5.45. The van der Waals surface area contributed by atoms with E-state index in [4.69, 9.17) is 0 Å². The van der Waals surface area contributed by atoms with E-state index in [1.54, 1.807) is 0 Å². The van der Waals surface area contributed by atoms with Crippen molar-refractivity contribution in [3.05, 3.63) is 29.3 Å². The normalized spacial score (nSPS) is 17.9. The molecule has 1 aliphatic rings. The summed E-state index contributed by atoms with van der Waals surface area (Å²) in [5, 5.41) is 0. The van der Waals surface area contributed by atoms with Crippen LogP contribution in [-0.4, -0.2) is 36.3 Å². The second-order valence-corrected chi connectivity index (χ2v) is 6.58. The predicted octanol–water partition coefficient (Wildman–Crippen LogP) is 3.34. The van der Waals surface area contributed by atoms with Crippen LogP contribution in [0, 0.1) is 12.8 Å². The first-order valence-electron chi connectivity index (χ1n) is 8.59. The van der Waals surface area contributed by atoms with Crippen molar-refractivity contribution < 1.29 is 9.59 Å². The fourth-order valence-electron chi connectivity index (χ4n) is 3.40. The predicted molar refractivity (Wildman–Crippen MR) is 93.7 cm³/mol. The number of rotatable bonds is 5. The number of hydrogen-bond donors (Lipinski definition) is 0. The molecule has 0 bridgehead atoms. The third-order valence-corrected chi connectivity index (χ3v) is 4.71. The second kappa shape index (κ2) is 7.16. The van der Waals surface area contributed by atoms with Crippen LogP contribution < -0.4 is 4.90 Å². The van der Waals surface area contributed by atoms with Gasteiger partial charge in [0.2, 0.25) is 11.8 Å². The first kappa shape index (κ1) is 17.5. The monoisotopic (exact) mass is 316 g/mol. The molecule has 0 aromatic heterocycles. The highest BCUT2D eigenvalue weighted by Gasteiger charge is 2.38. The first-order valence-corrected chi connectivity index (χ1v) is 8.59. The molecule has 23 heavy (non-hydrogen) atoms. The molecule has 2 amide bonds. The summed E-state index contributed by atoms with van der Waals surface area (Å²) < 4.78 is 0. The number of carbonyl (C=O) groups excluding carboxylic acids is 2. The highest BCUT2D eigenvalue weighted by Crippen LogP contribution is 2.35. The molecule has 4 heteroatoms. The molecule has 0 radical (unpaired) electrons. The fraction of sp³-hybridized carbons (Fsp3) is 0.579. The fourth-order valence-corrected chi connectivity index (χ4v) is 3.40. The van der Waals surface area contributed by atoms with Crippen LogP contribution in [0.4, 0.5) is 5.69 Å². The average Bonchev–Trinajstić information content (AvgIpc) is 2.89. The van der Waals surface area contributed by atoms with Gasteiger partial charge in [-0.3, -0.25) is 9.59 Å². The van der Waals surface area contributed by atoms with Gasteiger partial charge in [0.05, 0.1) is 5.92 Å². The molecule has 4 nitrogen and oxygen atoms in total. The zero-order valence-electron chi connectivity index (χ0n) is 14.9. The van der Waals surface area contributed by atoms with Gasteiger partial charge in [-0.05, 0) is 37.8 Å². The van der Waals surface area contributed by atoms with E-state index in [0.29, 0.717) is 32.0 Å². The topological polar surface area (TPSA) is 40.6 Å². The zero-order chi connectivity index (χ0) is 17.1. The molecular formula is C19H28N2O2. The minimum Gasteiger partial charge on any atom is -0.343 e. The summed E-state index contributed by atoms with van der Waals surface area (Å²) in [5.74, 6) is 0.287. The lowest BCUT2D eigenvalue weighted by Gasteiger charge is -2.25. The highest BCUT2D eigenvalue weighted by molar-refractivity contribution is 6.01. The third kappa shape index (κ3) is 3.41. The molecule has 2 rings (SSSR count). The molecule has 1 aliphatic heterocycles. The van der Waals surface area contributed by atoms with Gasteiger partial charge >= 0.3 is 0 Å². The van der Waals surface area contributed by atoms with E-state index in [2.05, 4.69) is 19.9 Å². The minimum absolute atomic E-state index is 0.0618. The maximum Gasteiger partial charge on any atom is 0.227 e. The maximum absolute atomic E-state index is 12.6. The molecule has 1 saturated heterocycles. The van der Waals surface area contributed by atoms with E-state index in [9.17, 15) is 9.59 Å². The lowest BCUT2D eigenvalue weighted by Crippen LogP contribution is -2.37. The van der Waals surface area contributed by atoms with Gasteiger partial charge in [0.25, 0.3) is 0 Å². The molecule has 1 heterocycles. The van der Waals surface area contributed by atoms with Crippen LogP contribution in [0.2, 0.25) is 0 Å². The van der Waals surface area contributed by atoms with Crippen LogP contribution in [0.5, 0.6) is 0 Å². The van der Waals surface area contributed by atoms with Crippen molar-refractivity contribution in [1.82, 2.24) is 4.90 Å². The van der Waals surface area contributed by atoms with Crippen LogP contribution in [0.3, 0.4) is 0 Å². The SMILES string of the molecule is CCN(CC)C(=O)C1CC(=O)N(c2c(C)cccc2C(C)C)C1. The lowest BCUT2D eigenvalue weighted by atomic mass is 9.97. The molecule has 0 saturated carbocycles. The molecule has 1 atom stereocenters. The Hall–Kier alpha value is -1.84. The molecule has 0 N–H and O–H groups in total. The summed E-state index contributed by atoms with van der Waals surface area (Å²) in [6.07, 6.45) is 0.321. The maximum atomic E-state index is 12.6. The number of nitrogens with zero attached hydrogens (tertiary/aromatic N) is 2. The van der Waals surface area contributed by atoms with E-state index in [-0.39, 0.29) is 17.7 Å². The van der Waals surface area contributed by atoms with Gasteiger partial charge in [0.15, 0.2) is 0 Å². The Morgan fingerprint density at radius 1 is 1.30 bits per heavy atom. The van der Waals surface area contributed by atoms with Crippen molar-refractivity contribution in [3.8, 4) is 0 Å². The average molecular weight is 316 g/mol. The van der Waals surface area contributed by atoms with Crippen LogP contribution in [0.25, 0.3) is 0 Å². The lowest BCUT2D eigenvalue weighted by molar-refractivity contribution is -0.135. The van der Waals surface area contributed by atoms with Gasteiger partial charge in [-0.25, -0.2) is 0 Å². The smallest absolute Gasteiger partial charge is 0.227 e. The van der Waals surface area contributed by atoms with Crippen molar-refractivity contribution in [3.63, 3.8) is 0 Å². The highest BCUT2D eigenvalue weighted by atomic mass is 16.2. The van der Waals surface area contributed by atoms with Gasteiger partial charge in [0, 0.05) is 31.7 Å². The van der Waals surface area contributed by atoms with Crippen molar-refractivity contribution in [1.29, 1.82) is 0 Å². The summed E-state index contributed by atoms with van der Waals surface area (Å²) in [7, 11) is 0. The second-order valence-electron chi connectivity index (χ2n) is 6.58. The van der Waals surface area contributed by atoms with Crippen molar-refractivity contribution in [2.24, 2.45) is 5.92 Å². The molecule has 126 valence electrons. The van der Waals surface area contributed by atoms with E-state index >= 15 is 0 Å². The van der Waals surface area contributed by atoms with Gasteiger partial charge in [0.1, 0.15) is 0 Å². The van der Waals surface area contributed by atoms with Gasteiger partial charge < -0.3 is 9.80 Å². The van der Waals surface area contributed by atoms with Crippen molar-refractivity contribution >= 4 is 17.5 Å². The standard InChI is InChI=1S/C19H28N2O2/c1-6-20(7-2)19(23)15-11-17(22)21(12-15)18-14(5)9-8-10-16(18)13(3)4/h8-10,13,15H,6-7,11-12H2,1-5H3. The van der Waals surface area contributed by atoms with Gasteiger partial charge in [-0.2, -0.15) is 0 Å². The van der Waals surface area contributed by atoms with Crippen LogP contribution in [0.15, 0.2) is 18.2 Å². The number of amides is 2. The Morgan fingerprint density at radius 3 is 2.52 bits per heavy atom. The number of carbonyl (C=O) groups is 2. The molecule has 1 unspecified atom stereocenters. The summed E-state index contributed by atoms with van der Waals surface area (Å²) in [6, 6.07) is 6.15. The summed E-state index contributed by atoms with van der Waals surface area (Å²) in [6.45, 7) is 12.2. The third-order valence-electron chi connectivity index (χ3n) is 4.71. The molecule has 1 aromatic carbocycles. The summed E-state index contributed by atoms with van der Waals surface area (Å²) in [4.78, 5) is 28.8. The summed E-state index contributed by atoms with van der Waals surface area (Å²) in [5.41, 5.74) is 3.28. The van der Waals surface area contributed by atoms with Crippen molar-refractivity contribution in [2.75, 3.05) is 24.5 Å². The van der Waals surface area contributed by atoms with Crippen LogP contribution >= 0.6 is 0 Å².